The first kappa shape index (κ1) is 17.3. The van der Waals surface area contributed by atoms with Crippen LogP contribution in [0, 0.1) is 6.92 Å². The second-order valence-corrected chi connectivity index (χ2v) is 6.74. The van der Waals surface area contributed by atoms with Crippen LogP contribution < -0.4 is 0 Å². The van der Waals surface area contributed by atoms with Crippen molar-refractivity contribution >= 4 is 21.4 Å². The number of unbranched alkanes of at least 4 members (excludes halogenated alkanes) is 1. The fraction of sp³-hybridized carbons (Fsp3) is 0.529. The highest BCUT2D eigenvalue weighted by Gasteiger charge is 2.31. The van der Waals surface area contributed by atoms with Crippen molar-refractivity contribution in [1.82, 2.24) is 0 Å². The maximum absolute atomic E-state index is 12.8. The van der Waals surface area contributed by atoms with Crippen LogP contribution in [-0.4, -0.2) is 11.7 Å². The van der Waals surface area contributed by atoms with E-state index in [-0.39, 0.29) is 12.5 Å². The number of rotatable bonds is 6. The molecule has 0 aliphatic heterocycles. The smallest absolute Gasteiger partial charge is 0.396 e. The molecule has 0 saturated carbocycles. The van der Waals surface area contributed by atoms with Gasteiger partial charge in [0.15, 0.2) is 0 Å². The van der Waals surface area contributed by atoms with Crippen molar-refractivity contribution in [1.29, 1.82) is 0 Å². The maximum Gasteiger partial charge on any atom is 0.416 e. The number of aliphatic hydroxyl groups is 1. The van der Waals surface area contributed by atoms with Crippen LogP contribution in [0.15, 0.2) is 18.2 Å². The van der Waals surface area contributed by atoms with Gasteiger partial charge < -0.3 is 5.11 Å². The SMILES string of the molecule is CCCCC(CCO)c1sc2cc(C(F)(F)F)ccc2c1C. The minimum Gasteiger partial charge on any atom is -0.396 e. The fourth-order valence-corrected chi connectivity index (χ4v) is 4.24. The van der Waals surface area contributed by atoms with Gasteiger partial charge in [0.2, 0.25) is 0 Å². The van der Waals surface area contributed by atoms with Crippen molar-refractivity contribution < 1.29 is 18.3 Å². The van der Waals surface area contributed by atoms with Gasteiger partial charge in [0.05, 0.1) is 5.56 Å². The molecule has 5 heteroatoms. The summed E-state index contributed by atoms with van der Waals surface area (Å²) in [7, 11) is 0. The van der Waals surface area contributed by atoms with E-state index in [0.29, 0.717) is 11.1 Å². The number of halogens is 3. The van der Waals surface area contributed by atoms with Crippen LogP contribution in [0.5, 0.6) is 0 Å². The van der Waals surface area contributed by atoms with E-state index >= 15 is 0 Å². The number of hydrogen-bond donors (Lipinski definition) is 1. The molecule has 0 aliphatic rings. The molecule has 22 heavy (non-hydrogen) atoms. The monoisotopic (exact) mass is 330 g/mol. The molecule has 1 N–H and O–H groups in total. The Balaban J connectivity index is 2.43. The van der Waals surface area contributed by atoms with Gasteiger partial charge in [-0.25, -0.2) is 0 Å². The molecule has 0 amide bonds. The van der Waals surface area contributed by atoms with E-state index in [2.05, 4.69) is 6.92 Å². The number of thiophene rings is 1. The van der Waals surface area contributed by atoms with Gasteiger partial charge in [0.25, 0.3) is 0 Å². The maximum atomic E-state index is 12.8. The number of aryl methyl sites for hydroxylation is 1. The Morgan fingerprint density at radius 3 is 2.55 bits per heavy atom. The van der Waals surface area contributed by atoms with Gasteiger partial charge in [0.1, 0.15) is 0 Å². The van der Waals surface area contributed by atoms with E-state index in [9.17, 15) is 18.3 Å². The molecule has 0 radical (unpaired) electrons. The Morgan fingerprint density at radius 1 is 1.23 bits per heavy atom. The second-order valence-electron chi connectivity index (χ2n) is 5.65. The quantitative estimate of drug-likeness (QED) is 0.700. The summed E-state index contributed by atoms with van der Waals surface area (Å²) >= 11 is 1.44. The molecule has 2 rings (SSSR count). The van der Waals surface area contributed by atoms with Crippen LogP contribution in [-0.2, 0) is 6.18 Å². The lowest BCUT2D eigenvalue weighted by molar-refractivity contribution is -0.137. The Morgan fingerprint density at radius 2 is 1.95 bits per heavy atom. The Kier molecular flexibility index (Phi) is 5.50. The Hall–Kier alpha value is -1.07. The van der Waals surface area contributed by atoms with Crippen LogP contribution in [0.3, 0.4) is 0 Å². The predicted octanol–water partition coefficient (Wildman–Crippen LogP) is 5.88. The van der Waals surface area contributed by atoms with Gasteiger partial charge in [-0.05, 0) is 48.8 Å². The molecule has 1 unspecified atom stereocenters. The zero-order valence-electron chi connectivity index (χ0n) is 12.8. The Labute approximate surface area is 132 Å². The lowest BCUT2D eigenvalue weighted by atomic mass is 9.94. The van der Waals surface area contributed by atoms with E-state index in [1.165, 1.54) is 17.4 Å². The first-order chi connectivity index (χ1) is 10.4. The molecule has 1 atom stereocenters. The molecule has 0 aliphatic carbocycles. The number of alkyl halides is 3. The minimum atomic E-state index is -4.31. The molecule has 1 aromatic carbocycles. The minimum absolute atomic E-state index is 0.107. The van der Waals surface area contributed by atoms with E-state index in [4.69, 9.17) is 0 Å². The predicted molar refractivity (Wildman–Crippen MR) is 85.5 cm³/mol. The average molecular weight is 330 g/mol. The molecule has 0 saturated heterocycles. The summed E-state index contributed by atoms with van der Waals surface area (Å²) in [6.07, 6.45) is -0.536. The number of hydrogen-bond acceptors (Lipinski definition) is 2. The van der Waals surface area contributed by atoms with Crippen LogP contribution >= 0.6 is 11.3 Å². The van der Waals surface area contributed by atoms with Crippen molar-refractivity contribution in [2.75, 3.05) is 6.61 Å². The van der Waals surface area contributed by atoms with Gasteiger partial charge in [-0.15, -0.1) is 11.3 Å². The standard InChI is InChI=1S/C17H21F3OS/c1-3-4-5-12(8-9-21)16-11(2)14-7-6-13(17(18,19)20)10-15(14)22-16/h6-7,10,12,21H,3-5,8-9H2,1-2H3. The first-order valence-electron chi connectivity index (χ1n) is 7.59. The first-order valence-corrected chi connectivity index (χ1v) is 8.41. The molecule has 2 aromatic rings. The molecule has 0 fully saturated rings. The van der Waals surface area contributed by atoms with Gasteiger partial charge in [-0.1, -0.05) is 25.8 Å². The third kappa shape index (κ3) is 3.63. The summed E-state index contributed by atoms with van der Waals surface area (Å²) in [5.74, 6) is 0.233. The fourth-order valence-electron chi connectivity index (χ4n) is 2.82. The topological polar surface area (TPSA) is 20.2 Å². The zero-order valence-corrected chi connectivity index (χ0v) is 13.7. The molecule has 122 valence electrons. The van der Waals surface area contributed by atoms with E-state index in [0.717, 1.165) is 41.2 Å². The average Bonchev–Trinajstić information content (AvgIpc) is 2.79. The molecule has 0 spiro atoms. The summed E-state index contributed by atoms with van der Waals surface area (Å²) in [6.45, 7) is 4.19. The van der Waals surface area contributed by atoms with Crippen LogP contribution in [0.4, 0.5) is 13.2 Å². The van der Waals surface area contributed by atoms with Crippen molar-refractivity contribution in [3.63, 3.8) is 0 Å². The van der Waals surface area contributed by atoms with Gasteiger partial charge >= 0.3 is 6.18 Å². The number of fused-ring (bicyclic) bond motifs is 1. The highest BCUT2D eigenvalue weighted by molar-refractivity contribution is 7.19. The molecule has 1 heterocycles. The molecule has 1 aromatic heterocycles. The molecular formula is C17H21F3OS. The highest BCUT2D eigenvalue weighted by Crippen LogP contribution is 2.41. The van der Waals surface area contributed by atoms with Crippen LogP contribution in [0.2, 0.25) is 0 Å². The van der Waals surface area contributed by atoms with Crippen molar-refractivity contribution in [3.8, 4) is 0 Å². The normalized spacial score (nSPS) is 13.7. The number of aliphatic hydroxyl groups excluding tert-OH is 1. The summed E-state index contributed by atoms with van der Waals surface area (Å²) in [4.78, 5) is 1.12. The third-order valence-corrected chi connectivity index (χ3v) is 5.47. The summed E-state index contributed by atoms with van der Waals surface area (Å²) in [6, 6.07) is 3.97. The van der Waals surface area contributed by atoms with Crippen LogP contribution in [0.1, 0.15) is 54.5 Å². The largest absolute Gasteiger partial charge is 0.416 e. The lowest BCUT2D eigenvalue weighted by Gasteiger charge is -2.14. The number of benzene rings is 1. The summed E-state index contributed by atoms with van der Waals surface area (Å²) in [5.41, 5.74) is 0.461. The molecule has 1 nitrogen and oxygen atoms in total. The van der Waals surface area contributed by atoms with E-state index in [1.807, 2.05) is 6.92 Å². The van der Waals surface area contributed by atoms with E-state index in [1.54, 1.807) is 6.07 Å². The molecule has 0 bridgehead atoms. The van der Waals surface area contributed by atoms with Gasteiger partial charge in [0, 0.05) is 16.2 Å². The van der Waals surface area contributed by atoms with E-state index < -0.39 is 11.7 Å². The van der Waals surface area contributed by atoms with Crippen molar-refractivity contribution in [3.05, 3.63) is 34.2 Å². The summed E-state index contributed by atoms with van der Waals surface area (Å²) in [5, 5.41) is 10.2. The zero-order chi connectivity index (χ0) is 16.3. The van der Waals surface area contributed by atoms with Gasteiger partial charge in [-0.2, -0.15) is 13.2 Å². The lowest BCUT2D eigenvalue weighted by Crippen LogP contribution is -2.03. The summed E-state index contributed by atoms with van der Waals surface area (Å²) < 4.78 is 39.2. The highest BCUT2D eigenvalue weighted by atomic mass is 32.1. The second kappa shape index (κ2) is 7.01. The van der Waals surface area contributed by atoms with Crippen molar-refractivity contribution in [2.45, 2.75) is 51.6 Å². The van der Waals surface area contributed by atoms with Crippen LogP contribution in [0.25, 0.3) is 10.1 Å². The van der Waals surface area contributed by atoms with Gasteiger partial charge in [-0.3, -0.25) is 0 Å². The Bertz CT molecular complexity index is 631. The molecular weight excluding hydrogens is 309 g/mol. The van der Waals surface area contributed by atoms with Crippen molar-refractivity contribution in [2.24, 2.45) is 0 Å². The third-order valence-electron chi connectivity index (χ3n) is 4.06.